The van der Waals surface area contributed by atoms with Gasteiger partial charge in [-0.25, -0.2) is 9.67 Å². The molecule has 1 aromatic carbocycles. The molecule has 0 N–H and O–H groups in total. The van der Waals surface area contributed by atoms with E-state index in [1.54, 1.807) is 6.33 Å². The lowest BCUT2D eigenvalue weighted by Gasteiger charge is -2.58. The maximum atomic E-state index is 12.9. The average molecular weight is 425 g/mol. The number of aromatic nitrogens is 5. The molecule has 2 fully saturated rings. The molecule has 1 aliphatic heterocycles. The lowest BCUT2D eigenvalue weighted by atomic mass is 9.60. The first-order valence-electron chi connectivity index (χ1n) is 10.2. The van der Waals surface area contributed by atoms with Gasteiger partial charge in [0, 0.05) is 35.8 Å². The van der Waals surface area contributed by atoms with Crippen molar-refractivity contribution in [2.24, 2.45) is 5.41 Å². The summed E-state index contributed by atoms with van der Waals surface area (Å²) in [7, 11) is 0. The quantitative estimate of drug-likeness (QED) is 0.636. The Kier molecular flexibility index (Phi) is 4.29. The van der Waals surface area contributed by atoms with E-state index < -0.39 is 0 Å². The standard InChI is InChI=1S/C22H25ClN6O/c1-21(2,3)29-11-17(10-25-29)15-4-6-16(7-5-15)19(30)27-12-22(13-27)8-18(9-22)28-14-24-20(23)26-28/h4-7,10-11,14,18H,8-9,12-13H2,1-3H3. The Morgan fingerprint density at radius 2 is 1.83 bits per heavy atom. The van der Waals surface area contributed by atoms with Crippen LogP contribution < -0.4 is 0 Å². The Bertz CT molecular complexity index is 1080. The molecule has 1 aliphatic carbocycles. The maximum absolute atomic E-state index is 12.9. The number of hydrogen-bond donors (Lipinski definition) is 0. The molecule has 2 aliphatic rings. The molecule has 1 saturated carbocycles. The van der Waals surface area contributed by atoms with E-state index in [1.807, 2.05) is 50.9 Å². The predicted octanol–water partition coefficient (Wildman–Crippen LogP) is 4.03. The Morgan fingerprint density at radius 1 is 1.13 bits per heavy atom. The van der Waals surface area contributed by atoms with Gasteiger partial charge in [-0.05, 0) is 62.9 Å². The Hall–Kier alpha value is -2.67. The zero-order valence-corrected chi connectivity index (χ0v) is 18.2. The first-order chi connectivity index (χ1) is 14.2. The molecule has 30 heavy (non-hydrogen) atoms. The van der Waals surface area contributed by atoms with Crippen LogP contribution in [0.25, 0.3) is 11.1 Å². The summed E-state index contributed by atoms with van der Waals surface area (Å²) in [4.78, 5) is 18.8. The number of amides is 1. The third-order valence-electron chi connectivity index (χ3n) is 6.27. The van der Waals surface area contributed by atoms with Gasteiger partial charge in [0.1, 0.15) is 6.33 Å². The van der Waals surface area contributed by atoms with Crippen LogP contribution in [0.15, 0.2) is 43.0 Å². The van der Waals surface area contributed by atoms with Gasteiger partial charge in [-0.2, -0.15) is 5.10 Å². The van der Waals surface area contributed by atoms with Gasteiger partial charge in [-0.3, -0.25) is 9.48 Å². The fourth-order valence-corrected chi connectivity index (χ4v) is 4.68. The lowest BCUT2D eigenvalue weighted by molar-refractivity contribution is -0.0739. The van der Waals surface area contributed by atoms with E-state index in [4.69, 9.17) is 11.6 Å². The van der Waals surface area contributed by atoms with E-state index in [9.17, 15) is 4.79 Å². The van der Waals surface area contributed by atoms with Crippen molar-refractivity contribution in [3.63, 3.8) is 0 Å². The fourth-order valence-electron chi connectivity index (χ4n) is 4.55. The fraction of sp³-hybridized carbons (Fsp3) is 0.455. The average Bonchev–Trinajstić information content (AvgIpc) is 3.28. The molecule has 3 aromatic rings. The summed E-state index contributed by atoms with van der Waals surface area (Å²) < 4.78 is 3.80. The van der Waals surface area contributed by atoms with Gasteiger partial charge >= 0.3 is 0 Å². The molecule has 0 atom stereocenters. The van der Waals surface area contributed by atoms with Gasteiger partial charge in [-0.15, -0.1) is 5.10 Å². The van der Waals surface area contributed by atoms with E-state index >= 15 is 0 Å². The Labute approximate surface area is 180 Å². The van der Waals surface area contributed by atoms with Gasteiger partial charge in [0.2, 0.25) is 5.28 Å². The second kappa shape index (κ2) is 6.67. The van der Waals surface area contributed by atoms with Crippen molar-refractivity contribution in [1.82, 2.24) is 29.4 Å². The Balaban J connectivity index is 1.19. The summed E-state index contributed by atoms with van der Waals surface area (Å²) >= 11 is 5.81. The van der Waals surface area contributed by atoms with Crippen LogP contribution in [0.1, 0.15) is 50.0 Å². The zero-order valence-electron chi connectivity index (χ0n) is 17.4. The highest BCUT2D eigenvalue weighted by Crippen LogP contribution is 2.54. The SMILES string of the molecule is CC(C)(C)n1cc(-c2ccc(C(=O)N3CC4(CC(n5cnc(Cl)n5)C4)C3)cc2)cn1. The second-order valence-electron chi connectivity index (χ2n) is 9.64. The van der Waals surface area contributed by atoms with Crippen molar-refractivity contribution in [3.05, 3.63) is 53.8 Å². The number of carbonyl (C=O) groups excluding carboxylic acids is 1. The molecule has 7 nitrogen and oxygen atoms in total. The first kappa shape index (κ1) is 19.3. The summed E-state index contributed by atoms with van der Waals surface area (Å²) in [6, 6.07) is 8.17. The number of hydrogen-bond acceptors (Lipinski definition) is 4. The minimum Gasteiger partial charge on any atom is -0.337 e. The van der Waals surface area contributed by atoms with Gasteiger partial charge in [0.25, 0.3) is 5.91 Å². The van der Waals surface area contributed by atoms with Gasteiger partial charge in [0.05, 0.1) is 17.8 Å². The van der Waals surface area contributed by atoms with Crippen LogP contribution in [0, 0.1) is 5.41 Å². The number of benzene rings is 1. The van der Waals surface area contributed by atoms with Crippen LogP contribution in [0.3, 0.4) is 0 Å². The van der Waals surface area contributed by atoms with Gasteiger partial charge in [0.15, 0.2) is 0 Å². The number of rotatable bonds is 3. The summed E-state index contributed by atoms with van der Waals surface area (Å²) in [5, 5.41) is 8.94. The van der Waals surface area contributed by atoms with Crippen LogP contribution in [-0.2, 0) is 5.54 Å². The van der Waals surface area contributed by atoms with Crippen molar-refractivity contribution in [2.45, 2.75) is 45.2 Å². The van der Waals surface area contributed by atoms with E-state index in [-0.39, 0.29) is 22.1 Å². The smallest absolute Gasteiger partial charge is 0.253 e. The minimum absolute atomic E-state index is 0.0532. The number of carbonyl (C=O) groups is 1. The van der Waals surface area contributed by atoms with E-state index in [1.165, 1.54) is 0 Å². The van der Waals surface area contributed by atoms with Crippen LogP contribution in [0.2, 0.25) is 5.28 Å². The van der Waals surface area contributed by atoms with Gasteiger partial charge < -0.3 is 4.90 Å². The third kappa shape index (κ3) is 3.31. The second-order valence-corrected chi connectivity index (χ2v) is 9.98. The van der Waals surface area contributed by atoms with Crippen molar-refractivity contribution < 1.29 is 4.79 Å². The molecule has 0 bridgehead atoms. The number of nitrogens with zero attached hydrogens (tertiary/aromatic N) is 6. The lowest BCUT2D eigenvalue weighted by Crippen LogP contribution is -2.63. The van der Waals surface area contributed by atoms with Crippen molar-refractivity contribution in [1.29, 1.82) is 0 Å². The summed E-state index contributed by atoms with van der Waals surface area (Å²) in [6.45, 7) is 7.99. The van der Waals surface area contributed by atoms with Crippen LogP contribution in [0.4, 0.5) is 0 Å². The van der Waals surface area contributed by atoms with E-state index in [0.29, 0.717) is 6.04 Å². The van der Waals surface area contributed by atoms with Gasteiger partial charge in [-0.1, -0.05) is 12.1 Å². The molecular weight excluding hydrogens is 400 g/mol. The van der Waals surface area contributed by atoms with E-state index in [2.05, 4.69) is 36.0 Å². The molecule has 8 heteroatoms. The van der Waals surface area contributed by atoms with Crippen molar-refractivity contribution in [3.8, 4) is 11.1 Å². The molecule has 2 aromatic heterocycles. The Morgan fingerprint density at radius 3 is 2.40 bits per heavy atom. The molecule has 156 valence electrons. The van der Waals surface area contributed by atoms with Crippen molar-refractivity contribution >= 4 is 17.5 Å². The van der Waals surface area contributed by atoms with Crippen LogP contribution in [0.5, 0.6) is 0 Å². The summed E-state index contributed by atoms with van der Waals surface area (Å²) in [5.41, 5.74) is 3.04. The minimum atomic E-state index is -0.0532. The molecule has 0 radical (unpaired) electrons. The first-order valence-corrected chi connectivity index (χ1v) is 10.6. The normalized spacial score (nSPS) is 18.3. The topological polar surface area (TPSA) is 68.8 Å². The highest BCUT2D eigenvalue weighted by atomic mass is 35.5. The molecule has 1 saturated heterocycles. The van der Waals surface area contributed by atoms with E-state index in [0.717, 1.165) is 42.6 Å². The maximum Gasteiger partial charge on any atom is 0.253 e. The predicted molar refractivity (Wildman–Crippen MR) is 114 cm³/mol. The molecule has 1 spiro atoms. The molecule has 0 unspecified atom stereocenters. The summed E-state index contributed by atoms with van der Waals surface area (Å²) in [6.07, 6.45) is 7.65. The molecule has 1 amide bonds. The monoisotopic (exact) mass is 424 g/mol. The zero-order chi connectivity index (χ0) is 21.1. The molecular formula is C22H25ClN6O. The third-order valence-corrected chi connectivity index (χ3v) is 6.44. The number of halogens is 1. The van der Waals surface area contributed by atoms with Crippen LogP contribution in [-0.4, -0.2) is 48.4 Å². The van der Waals surface area contributed by atoms with Crippen molar-refractivity contribution in [2.75, 3.05) is 13.1 Å². The largest absolute Gasteiger partial charge is 0.337 e. The highest BCUT2D eigenvalue weighted by molar-refractivity contribution is 6.28. The van der Waals surface area contributed by atoms with Crippen LogP contribution >= 0.6 is 11.6 Å². The number of likely N-dealkylation sites (tertiary alicyclic amines) is 1. The molecule has 5 rings (SSSR count). The highest BCUT2D eigenvalue weighted by Gasteiger charge is 2.54. The molecule has 3 heterocycles. The summed E-state index contributed by atoms with van der Waals surface area (Å²) in [5.74, 6) is 0.102.